The van der Waals surface area contributed by atoms with Crippen LogP contribution >= 0.6 is 0 Å². The number of hydrogen-bond donors (Lipinski definition) is 1. The molecule has 4 saturated carbocycles. The van der Waals surface area contributed by atoms with E-state index in [1.807, 2.05) is 18.2 Å². The van der Waals surface area contributed by atoms with Crippen LogP contribution in [0, 0.1) is 23.7 Å². The maximum atomic E-state index is 5.02. The standard InChI is InChI=1S/C27H31N5/c1-18-7-9-20(10-8-18)22-24(29-23(32-31-22)21-6-4-5-11-28-21)30-27-14-19-12-25(2,16-27)15-26(3,13-19)17-27/h4-11,19H,12-17H2,1-3H3,(H,29,30,32). The summed E-state index contributed by atoms with van der Waals surface area (Å²) in [5.41, 5.74) is 4.80. The van der Waals surface area contributed by atoms with Gasteiger partial charge in [0.15, 0.2) is 5.82 Å². The number of hydrogen-bond acceptors (Lipinski definition) is 5. The van der Waals surface area contributed by atoms with Crippen LogP contribution in [-0.2, 0) is 0 Å². The first-order chi connectivity index (χ1) is 15.3. The Morgan fingerprint density at radius 2 is 1.62 bits per heavy atom. The number of anilines is 1. The van der Waals surface area contributed by atoms with Crippen LogP contribution in [0.15, 0.2) is 48.7 Å². The monoisotopic (exact) mass is 425 g/mol. The van der Waals surface area contributed by atoms with Gasteiger partial charge in [-0.2, -0.15) is 0 Å². The normalized spacial score (nSPS) is 32.8. The number of pyridine rings is 1. The third kappa shape index (κ3) is 3.39. The molecule has 4 bridgehead atoms. The minimum absolute atomic E-state index is 0.0831. The van der Waals surface area contributed by atoms with E-state index in [0.717, 1.165) is 28.7 Å². The fourth-order valence-corrected chi connectivity index (χ4v) is 7.76. The van der Waals surface area contributed by atoms with E-state index in [1.165, 1.54) is 44.1 Å². The minimum atomic E-state index is 0.0831. The summed E-state index contributed by atoms with van der Waals surface area (Å²) in [6, 6.07) is 14.3. The number of nitrogens with zero attached hydrogens (tertiary/aromatic N) is 4. The summed E-state index contributed by atoms with van der Waals surface area (Å²) in [7, 11) is 0. The molecule has 1 aromatic carbocycles. The van der Waals surface area contributed by atoms with Crippen LogP contribution in [0.1, 0.15) is 57.9 Å². The summed E-state index contributed by atoms with van der Waals surface area (Å²) >= 11 is 0. The Morgan fingerprint density at radius 1 is 0.875 bits per heavy atom. The van der Waals surface area contributed by atoms with Crippen LogP contribution < -0.4 is 5.32 Å². The predicted molar refractivity (Wildman–Crippen MR) is 127 cm³/mol. The van der Waals surface area contributed by atoms with Gasteiger partial charge in [0.05, 0.1) is 0 Å². The molecule has 2 atom stereocenters. The molecule has 1 N–H and O–H groups in total. The number of rotatable bonds is 4. The lowest BCUT2D eigenvalue weighted by Gasteiger charge is -2.65. The molecule has 2 unspecified atom stereocenters. The van der Waals surface area contributed by atoms with Crippen molar-refractivity contribution in [2.45, 2.75) is 64.8 Å². The average molecular weight is 426 g/mol. The molecule has 164 valence electrons. The Kier molecular flexibility index (Phi) is 4.24. The van der Waals surface area contributed by atoms with Gasteiger partial charge in [-0.05, 0) is 74.3 Å². The van der Waals surface area contributed by atoms with Crippen molar-refractivity contribution in [3.63, 3.8) is 0 Å². The molecule has 4 fully saturated rings. The lowest BCUT2D eigenvalue weighted by molar-refractivity contribution is -0.0973. The van der Waals surface area contributed by atoms with Crippen LogP contribution in [0.2, 0.25) is 0 Å². The zero-order valence-corrected chi connectivity index (χ0v) is 19.2. The fourth-order valence-electron chi connectivity index (χ4n) is 7.76. The van der Waals surface area contributed by atoms with Gasteiger partial charge in [0, 0.05) is 17.3 Å². The van der Waals surface area contributed by atoms with Crippen molar-refractivity contribution in [3.8, 4) is 22.8 Å². The highest BCUT2D eigenvalue weighted by molar-refractivity contribution is 5.73. The van der Waals surface area contributed by atoms with Gasteiger partial charge in [-0.1, -0.05) is 49.7 Å². The Labute approximate surface area is 190 Å². The summed E-state index contributed by atoms with van der Waals surface area (Å²) < 4.78 is 0. The molecule has 0 spiro atoms. The highest BCUT2D eigenvalue weighted by Crippen LogP contribution is 2.67. The topological polar surface area (TPSA) is 63.6 Å². The summed E-state index contributed by atoms with van der Waals surface area (Å²) in [6.45, 7) is 7.11. The maximum Gasteiger partial charge on any atom is 0.202 e. The Bertz CT molecular complexity index is 1140. The highest BCUT2D eigenvalue weighted by Gasteiger charge is 2.60. The van der Waals surface area contributed by atoms with E-state index < -0.39 is 0 Å². The third-order valence-electron chi connectivity index (χ3n) is 7.92. The van der Waals surface area contributed by atoms with Crippen LogP contribution in [0.25, 0.3) is 22.8 Å². The number of aromatic nitrogens is 4. The predicted octanol–water partition coefficient (Wildman–Crippen LogP) is 6.07. The molecule has 4 aliphatic carbocycles. The molecule has 0 radical (unpaired) electrons. The summed E-state index contributed by atoms with van der Waals surface area (Å²) in [6.07, 6.45) is 9.53. The van der Waals surface area contributed by atoms with Gasteiger partial charge in [-0.25, -0.2) is 4.98 Å². The molecule has 0 amide bonds. The fraction of sp³-hybridized carbons (Fsp3) is 0.481. The van der Waals surface area contributed by atoms with Gasteiger partial charge >= 0.3 is 0 Å². The van der Waals surface area contributed by atoms with Gasteiger partial charge in [-0.3, -0.25) is 4.98 Å². The molecule has 0 aliphatic heterocycles. The second-order valence-electron chi connectivity index (χ2n) is 11.4. The highest BCUT2D eigenvalue weighted by atomic mass is 15.2. The quantitative estimate of drug-likeness (QED) is 0.550. The smallest absolute Gasteiger partial charge is 0.202 e. The molecule has 3 aromatic rings. The summed E-state index contributed by atoms with van der Waals surface area (Å²) in [5, 5.41) is 13.1. The van der Waals surface area contributed by atoms with Crippen LogP contribution in [0.3, 0.4) is 0 Å². The van der Waals surface area contributed by atoms with E-state index in [-0.39, 0.29) is 5.54 Å². The van der Waals surface area contributed by atoms with Gasteiger partial charge in [0.1, 0.15) is 11.4 Å². The van der Waals surface area contributed by atoms with Crippen LogP contribution in [0.4, 0.5) is 5.82 Å². The lowest BCUT2D eigenvalue weighted by atomic mass is 9.43. The zero-order valence-electron chi connectivity index (χ0n) is 19.2. The maximum absolute atomic E-state index is 5.02. The van der Waals surface area contributed by atoms with Crippen molar-refractivity contribution < 1.29 is 0 Å². The molecule has 7 rings (SSSR count). The second kappa shape index (κ2) is 6.84. The van der Waals surface area contributed by atoms with Crippen LogP contribution in [-0.4, -0.2) is 25.7 Å². The van der Waals surface area contributed by atoms with E-state index in [0.29, 0.717) is 16.7 Å². The van der Waals surface area contributed by atoms with Gasteiger partial charge in [0.2, 0.25) is 5.82 Å². The molecule has 2 heterocycles. The van der Waals surface area contributed by atoms with Gasteiger partial charge in [-0.15, -0.1) is 10.2 Å². The molecular formula is C27H31N5. The van der Waals surface area contributed by atoms with Crippen LogP contribution in [0.5, 0.6) is 0 Å². The van der Waals surface area contributed by atoms with Crippen molar-refractivity contribution in [2.24, 2.45) is 16.7 Å². The minimum Gasteiger partial charge on any atom is -0.363 e. The Hall–Kier alpha value is -2.82. The van der Waals surface area contributed by atoms with E-state index in [1.54, 1.807) is 6.20 Å². The molecule has 0 saturated heterocycles. The van der Waals surface area contributed by atoms with Crippen molar-refractivity contribution in [2.75, 3.05) is 5.32 Å². The molecule has 2 aromatic heterocycles. The molecule has 5 heteroatoms. The summed E-state index contributed by atoms with van der Waals surface area (Å²) in [4.78, 5) is 9.48. The Morgan fingerprint density at radius 3 is 2.28 bits per heavy atom. The third-order valence-corrected chi connectivity index (χ3v) is 7.92. The van der Waals surface area contributed by atoms with E-state index in [2.05, 4.69) is 65.5 Å². The van der Waals surface area contributed by atoms with Crippen molar-refractivity contribution >= 4 is 5.82 Å². The Balaban J connectivity index is 1.44. The molecule has 4 aliphatic rings. The summed E-state index contributed by atoms with van der Waals surface area (Å²) in [5.74, 6) is 2.23. The van der Waals surface area contributed by atoms with Crippen molar-refractivity contribution in [1.29, 1.82) is 0 Å². The number of benzene rings is 1. The average Bonchev–Trinajstić information content (AvgIpc) is 2.72. The van der Waals surface area contributed by atoms with E-state index in [4.69, 9.17) is 4.98 Å². The van der Waals surface area contributed by atoms with Crippen molar-refractivity contribution in [1.82, 2.24) is 20.2 Å². The van der Waals surface area contributed by atoms with E-state index in [9.17, 15) is 0 Å². The lowest BCUT2D eigenvalue weighted by Crippen LogP contribution is -2.61. The molecule has 5 nitrogen and oxygen atoms in total. The first-order valence-corrected chi connectivity index (χ1v) is 11.8. The van der Waals surface area contributed by atoms with E-state index >= 15 is 0 Å². The zero-order chi connectivity index (χ0) is 22.0. The number of aryl methyl sites for hydroxylation is 1. The SMILES string of the molecule is Cc1ccc(-c2nnc(-c3ccccn3)nc2NC23CC4CC(C)(CC(C)(C4)C2)C3)cc1. The first kappa shape index (κ1) is 19.8. The van der Waals surface area contributed by atoms with Gasteiger partial charge in [0.25, 0.3) is 0 Å². The second-order valence-corrected chi connectivity index (χ2v) is 11.4. The molecular weight excluding hydrogens is 394 g/mol. The number of nitrogens with one attached hydrogen (secondary N) is 1. The first-order valence-electron chi connectivity index (χ1n) is 11.8. The van der Waals surface area contributed by atoms with Crippen molar-refractivity contribution in [3.05, 3.63) is 54.2 Å². The molecule has 32 heavy (non-hydrogen) atoms. The van der Waals surface area contributed by atoms with Gasteiger partial charge < -0.3 is 5.32 Å². The largest absolute Gasteiger partial charge is 0.363 e.